The van der Waals surface area contributed by atoms with Gasteiger partial charge in [0.25, 0.3) is 0 Å². The maximum atomic E-state index is 9.84. The van der Waals surface area contributed by atoms with Crippen molar-refractivity contribution in [2.24, 2.45) is 0 Å². The zero-order valence-corrected chi connectivity index (χ0v) is 11.0. The van der Waals surface area contributed by atoms with Crippen LogP contribution in [0.25, 0.3) is 0 Å². The maximum absolute atomic E-state index is 9.84. The Kier molecular flexibility index (Phi) is 3.32. The predicted molar refractivity (Wildman–Crippen MR) is 65.9 cm³/mol. The Morgan fingerprint density at radius 2 is 1.95 bits per heavy atom. The lowest BCUT2D eigenvalue weighted by molar-refractivity contribution is -0.254. The molecule has 0 aliphatic carbocycles. The third kappa shape index (κ3) is 2.66. The van der Waals surface area contributed by atoms with E-state index in [1.54, 1.807) is 0 Å². The summed E-state index contributed by atoms with van der Waals surface area (Å²) in [6, 6.07) is 9.78. The average Bonchev–Trinajstić information content (AvgIpc) is 2.79. The van der Waals surface area contributed by atoms with Crippen LogP contribution in [-0.2, 0) is 25.6 Å². The second-order valence-corrected chi connectivity index (χ2v) is 5.26. The van der Waals surface area contributed by atoms with E-state index in [0.29, 0.717) is 6.61 Å². The molecule has 1 N–H and O–H groups in total. The van der Waals surface area contributed by atoms with Gasteiger partial charge in [0.05, 0.1) is 6.61 Å². The molecule has 2 aliphatic heterocycles. The molecule has 1 aromatic rings. The summed E-state index contributed by atoms with van der Waals surface area (Å²) in [7, 11) is 0. The van der Waals surface area contributed by atoms with Gasteiger partial charge in [-0.05, 0) is 19.4 Å². The molecule has 104 valence electrons. The molecule has 1 aromatic carbocycles. The SMILES string of the molecule is CC1(C)OC2[C@H](O[C@H](O)[C@H]2OCc2ccccc2)O1. The van der Waals surface area contributed by atoms with E-state index >= 15 is 0 Å². The number of hydrogen-bond acceptors (Lipinski definition) is 5. The summed E-state index contributed by atoms with van der Waals surface area (Å²) in [5.41, 5.74) is 1.04. The lowest BCUT2D eigenvalue weighted by Crippen LogP contribution is -2.36. The van der Waals surface area contributed by atoms with Gasteiger partial charge in [-0.1, -0.05) is 30.3 Å². The summed E-state index contributed by atoms with van der Waals surface area (Å²) in [4.78, 5) is 0. The van der Waals surface area contributed by atoms with E-state index in [1.165, 1.54) is 0 Å². The van der Waals surface area contributed by atoms with Crippen molar-refractivity contribution in [3.63, 3.8) is 0 Å². The summed E-state index contributed by atoms with van der Waals surface area (Å²) < 4.78 is 22.3. The first-order valence-electron chi connectivity index (χ1n) is 6.40. The zero-order valence-electron chi connectivity index (χ0n) is 11.0. The minimum absolute atomic E-state index is 0.395. The van der Waals surface area contributed by atoms with Gasteiger partial charge in [-0.25, -0.2) is 0 Å². The number of fused-ring (bicyclic) bond motifs is 1. The third-order valence-electron chi connectivity index (χ3n) is 3.25. The van der Waals surface area contributed by atoms with Crippen LogP contribution in [-0.4, -0.2) is 35.7 Å². The molecule has 1 unspecified atom stereocenters. The fourth-order valence-electron chi connectivity index (χ4n) is 2.41. The molecule has 0 spiro atoms. The van der Waals surface area contributed by atoms with E-state index in [2.05, 4.69) is 0 Å². The number of aliphatic hydroxyl groups is 1. The molecule has 4 atom stereocenters. The highest BCUT2D eigenvalue weighted by molar-refractivity contribution is 5.13. The van der Waals surface area contributed by atoms with Crippen molar-refractivity contribution in [2.75, 3.05) is 0 Å². The summed E-state index contributed by atoms with van der Waals surface area (Å²) in [6.45, 7) is 4.03. The Bertz CT molecular complexity index is 433. The minimum Gasteiger partial charge on any atom is -0.366 e. The van der Waals surface area contributed by atoms with Crippen molar-refractivity contribution in [1.29, 1.82) is 0 Å². The van der Waals surface area contributed by atoms with Crippen molar-refractivity contribution in [3.05, 3.63) is 35.9 Å². The Balaban J connectivity index is 1.64. The van der Waals surface area contributed by atoms with Crippen LogP contribution >= 0.6 is 0 Å². The normalized spacial score (nSPS) is 36.4. The number of benzene rings is 1. The first kappa shape index (κ1) is 13.0. The van der Waals surface area contributed by atoms with Crippen LogP contribution in [0.5, 0.6) is 0 Å². The lowest BCUT2D eigenvalue weighted by Gasteiger charge is -2.23. The zero-order chi connectivity index (χ0) is 13.5. The van der Waals surface area contributed by atoms with E-state index in [9.17, 15) is 5.11 Å². The second kappa shape index (κ2) is 4.85. The highest BCUT2D eigenvalue weighted by atomic mass is 16.9. The number of ether oxygens (including phenoxy) is 4. The van der Waals surface area contributed by atoms with Crippen molar-refractivity contribution in [2.45, 2.75) is 51.0 Å². The summed E-state index contributed by atoms with van der Waals surface area (Å²) in [6.07, 6.45) is -2.51. The molecule has 2 saturated heterocycles. The number of rotatable bonds is 3. The molecule has 5 nitrogen and oxygen atoms in total. The molecular formula is C14H18O5. The molecule has 0 saturated carbocycles. The van der Waals surface area contributed by atoms with Crippen molar-refractivity contribution >= 4 is 0 Å². The molecule has 19 heavy (non-hydrogen) atoms. The minimum atomic E-state index is -1.02. The van der Waals surface area contributed by atoms with Crippen LogP contribution in [0.1, 0.15) is 19.4 Å². The largest absolute Gasteiger partial charge is 0.366 e. The highest BCUT2D eigenvalue weighted by Gasteiger charge is 2.55. The van der Waals surface area contributed by atoms with Crippen molar-refractivity contribution < 1.29 is 24.1 Å². The van der Waals surface area contributed by atoms with Crippen LogP contribution in [0.2, 0.25) is 0 Å². The van der Waals surface area contributed by atoms with Crippen LogP contribution in [0.15, 0.2) is 30.3 Å². The second-order valence-electron chi connectivity index (χ2n) is 5.26. The van der Waals surface area contributed by atoms with Gasteiger partial charge in [0, 0.05) is 0 Å². The Morgan fingerprint density at radius 3 is 2.68 bits per heavy atom. The Morgan fingerprint density at radius 1 is 1.21 bits per heavy atom. The third-order valence-corrected chi connectivity index (χ3v) is 3.25. The summed E-state index contributed by atoms with van der Waals surface area (Å²) in [5.74, 6) is -0.705. The molecule has 2 fully saturated rings. The van der Waals surface area contributed by atoms with Gasteiger partial charge >= 0.3 is 0 Å². The average molecular weight is 266 g/mol. The fraction of sp³-hybridized carbons (Fsp3) is 0.571. The van der Waals surface area contributed by atoms with Crippen molar-refractivity contribution in [3.8, 4) is 0 Å². The standard InChI is InChI=1S/C14H18O5/c1-14(2)18-11-10(12(15)17-13(11)19-14)16-8-9-6-4-3-5-7-9/h3-7,10-13,15H,8H2,1-2H3/t10-,11?,12-,13+/m0/s1. The van der Waals surface area contributed by atoms with Gasteiger partial charge in [0.15, 0.2) is 18.4 Å². The predicted octanol–water partition coefficient (Wildman–Crippen LogP) is 1.40. The summed E-state index contributed by atoms with van der Waals surface area (Å²) in [5, 5.41) is 9.84. The van der Waals surface area contributed by atoms with Crippen LogP contribution in [0.3, 0.4) is 0 Å². The molecule has 0 amide bonds. The molecule has 0 aromatic heterocycles. The quantitative estimate of drug-likeness (QED) is 0.896. The summed E-state index contributed by atoms with van der Waals surface area (Å²) >= 11 is 0. The molecule has 2 heterocycles. The molecular weight excluding hydrogens is 248 g/mol. The van der Waals surface area contributed by atoms with E-state index in [-0.39, 0.29) is 0 Å². The van der Waals surface area contributed by atoms with Gasteiger partial charge in [0.2, 0.25) is 0 Å². The van der Waals surface area contributed by atoms with Gasteiger partial charge in [-0.15, -0.1) is 0 Å². The Labute approximate surface area is 112 Å². The molecule has 0 radical (unpaired) electrons. The van der Waals surface area contributed by atoms with Crippen LogP contribution in [0.4, 0.5) is 0 Å². The van der Waals surface area contributed by atoms with Crippen LogP contribution < -0.4 is 0 Å². The number of hydrogen-bond donors (Lipinski definition) is 1. The first-order chi connectivity index (χ1) is 9.05. The van der Waals surface area contributed by atoms with Gasteiger partial charge in [-0.2, -0.15) is 0 Å². The monoisotopic (exact) mass is 266 g/mol. The number of aliphatic hydroxyl groups excluding tert-OH is 1. The lowest BCUT2D eigenvalue weighted by atomic mass is 10.2. The topological polar surface area (TPSA) is 57.2 Å². The van der Waals surface area contributed by atoms with E-state index in [1.807, 2.05) is 44.2 Å². The maximum Gasteiger partial charge on any atom is 0.193 e. The first-order valence-corrected chi connectivity index (χ1v) is 6.40. The van der Waals surface area contributed by atoms with Crippen LogP contribution in [0, 0.1) is 0 Å². The van der Waals surface area contributed by atoms with Gasteiger partial charge in [0.1, 0.15) is 12.2 Å². The van der Waals surface area contributed by atoms with E-state index in [0.717, 1.165) is 5.56 Å². The van der Waals surface area contributed by atoms with Crippen molar-refractivity contribution in [1.82, 2.24) is 0 Å². The molecule has 2 aliphatic rings. The highest BCUT2D eigenvalue weighted by Crippen LogP contribution is 2.38. The van der Waals surface area contributed by atoms with Gasteiger partial charge < -0.3 is 24.1 Å². The molecule has 3 rings (SSSR count). The Hall–Kier alpha value is -0.980. The van der Waals surface area contributed by atoms with E-state index in [4.69, 9.17) is 18.9 Å². The van der Waals surface area contributed by atoms with E-state index < -0.39 is 30.6 Å². The molecule has 5 heteroatoms. The fourth-order valence-corrected chi connectivity index (χ4v) is 2.41. The molecule has 0 bridgehead atoms. The smallest absolute Gasteiger partial charge is 0.193 e. The van der Waals surface area contributed by atoms with Gasteiger partial charge in [-0.3, -0.25) is 0 Å².